The Morgan fingerprint density at radius 1 is 0.933 bits per heavy atom. The molecule has 238 valence electrons. The molecule has 4 rings (SSSR count). The molecule has 0 aromatic heterocycles. The Labute approximate surface area is 266 Å². The number of nitrogens with two attached hydrogens (primary N) is 1. The number of nitrogens with zero attached hydrogens (tertiary/aromatic N) is 4. The number of hydrogen-bond acceptors (Lipinski definition) is 5. The highest BCUT2D eigenvalue weighted by molar-refractivity contribution is 5.96. The Bertz CT molecular complexity index is 1550. The minimum Gasteiger partial charge on any atom is -0.347 e. The van der Waals surface area contributed by atoms with Gasteiger partial charge in [-0.25, -0.2) is 0 Å². The zero-order valence-corrected chi connectivity index (χ0v) is 27.0. The molecule has 1 aliphatic rings. The van der Waals surface area contributed by atoms with Crippen LogP contribution in [0.5, 0.6) is 0 Å². The molecule has 0 aliphatic carbocycles. The molecule has 45 heavy (non-hydrogen) atoms. The van der Waals surface area contributed by atoms with E-state index in [0.717, 1.165) is 21.9 Å². The number of benzene rings is 3. The molecule has 1 saturated heterocycles. The Hall–Kier alpha value is -4.50. The van der Waals surface area contributed by atoms with E-state index in [1.807, 2.05) is 86.6 Å². The van der Waals surface area contributed by atoms with Gasteiger partial charge in [0.05, 0.1) is 6.54 Å². The van der Waals surface area contributed by atoms with Crippen LogP contribution in [0.2, 0.25) is 0 Å². The van der Waals surface area contributed by atoms with Gasteiger partial charge in [-0.15, -0.1) is 0 Å². The molecule has 9 nitrogen and oxygen atoms in total. The fraction of sp³-hybridized carbons (Fsp3) is 0.389. The van der Waals surface area contributed by atoms with Crippen molar-refractivity contribution in [2.24, 2.45) is 5.73 Å². The van der Waals surface area contributed by atoms with Crippen molar-refractivity contribution in [2.45, 2.75) is 50.7 Å². The minimum atomic E-state index is -0.866. The number of rotatable bonds is 11. The highest BCUT2D eigenvalue weighted by Gasteiger charge is 2.41. The van der Waals surface area contributed by atoms with Gasteiger partial charge >= 0.3 is 0 Å². The quantitative estimate of drug-likeness (QED) is 0.335. The number of fused-ring (bicyclic) bond motifs is 1. The fourth-order valence-electron chi connectivity index (χ4n) is 5.50. The van der Waals surface area contributed by atoms with Crippen LogP contribution >= 0.6 is 0 Å². The van der Waals surface area contributed by atoms with Gasteiger partial charge in [-0.2, -0.15) is 0 Å². The van der Waals surface area contributed by atoms with E-state index in [2.05, 4.69) is 0 Å². The Morgan fingerprint density at radius 2 is 1.60 bits per heavy atom. The van der Waals surface area contributed by atoms with Crippen LogP contribution < -0.4 is 5.73 Å². The first-order valence-corrected chi connectivity index (χ1v) is 15.4. The number of carbonyl (C=O) groups is 4. The molecule has 3 aromatic carbocycles. The molecule has 3 aromatic rings. The number of likely N-dealkylation sites (N-methyl/N-ethyl adjacent to an activating group) is 2. The highest BCUT2D eigenvalue weighted by Crippen LogP contribution is 2.23. The van der Waals surface area contributed by atoms with Crippen molar-refractivity contribution in [2.75, 3.05) is 40.8 Å². The molecule has 4 amide bonds. The van der Waals surface area contributed by atoms with Crippen molar-refractivity contribution in [3.05, 3.63) is 96.1 Å². The summed E-state index contributed by atoms with van der Waals surface area (Å²) in [6.07, 6.45) is 4.26. The van der Waals surface area contributed by atoms with Crippen LogP contribution in [0.15, 0.2) is 84.9 Å². The van der Waals surface area contributed by atoms with Crippen LogP contribution in [0.4, 0.5) is 0 Å². The summed E-state index contributed by atoms with van der Waals surface area (Å²) in [5.74, 6) is -1.09. The molecule has 1 aliphatic heterocycles. The average molecular weight is 612 g/mol. The molecule has 9 heteroatoms. The third kappa shape index (κ3) is 8.79. The van der Waals surface area contributed by atoms with Crippen LogP contribution in [-0.4, -0.2) is 102 Å². The summed E-state index contributed by atoms with van der Waals surface area (Å²) < 4.78 is 0. The molecule has 0 bridgehead atoms. The van der Waals surface area contributed by atoms with Gasteiger partial charge < -0.3 is 25.3 Å². The SMILES string of the molecule is CN(C)C(=O)CN1CCN(C(=O)[C@@H](Cc2ccc3ccccc3c2)N(C)C(=O)/C=C/CC(C)(C)N)[C@H](Cc2ccccc2)C1=O. The van der Waals surface area contributed by atoms with Crippen molar-refractivity contribution in [1.82, 2.24) is 19.6 Å². The van der Waals surface area contributed by atoms with Crippen molar-refractivity contribution in [1.29, 1.82) is 0 Å². The zero-order chi connectivity index (χ0) is 32.7. The van der Waals surface area contributed by atoms with Crippen molar-refractivity contribution in [3.63, 3.8) is 0 Å². The predicted molar refractivity (Wildman–Crippen MR) is 177 cm³/mol. The van der Waals surface area contributed by atoms with Crippen LogP contribution in [0.3, 0.4) is 0 Å². The highest BCUT2D eigenvalue weighted by atomic mass is 16.2. The summed E-state index contributed by atoms with van der Waals surface area (Å²) in [6, 6.07) is 21.9. The summed E-state index contributed by atoms with van der Waals surface area (Å²) in [7, 11) is 4.94. The van der Waals surface area contributed by atoms with E-state index in [4.69, 9.17) is 5.73 Å². The third-order valence-corrected chi connectivity index (χ3v) is 8.21. The Morgan fingerprint density at radius 3 is 2.27 bits per heavy atom. The smallest absolute Gasteiger partial charge is 0.246 e. The van der Waals surface area contributed by atoms with Gasteiger partial charge in [-0.1, -0.05) is 78.9 Å². The van der Waals surface area contributed by atoms with Gasteiger partial charge in [0.2, 0.25) is 23.6 Å². The standard InChI is InChI=1S/C36H45N5O4/c1-36(2,37)19-11-16-32(42)39(5)30(24-27-17-18-28-14-9-10-15-29(28)22-27)35(45)41-21-20-40(25-33(43)38(3)4)34(44)31(41)23-26-12-7-6-8-13-26/h6-18,22,30-31H,19-21,23-25,37H2,1-5H3/b16-11+/t30-,31-/m1/s1. The maximum atomic E-state index is 14.6. The summed E-state index contributed by atoms with van der Waals surface area (Å²) in [4.78, 5) is 60.5. The Kier molecular flexibility index (Phi) is 10.8. The van der Waals surface area contributed by atoms with Crippen LogP contribution in [0, 0.1) is 0 Å². The molecule has 2 N–H and O–H groups in total. The summed E-state index contributed by atoms with van der Waals surface area (Å²) in [5, 5.41) is 2.12. The van der Waals surface area contributed by atoms with E-state index in [1.54, 1.807) is 32.1 Å². The summed E-state index contributed by atoms with van der Waals surface area (Å²) in [6.45, 7) is 4.18. The van der Waals surface area contributed by atoms with Crippen LogP contribution in [0.25, 0.3) is 10.8 Å². The molecule has 0 spiro atoms. The van der Waals surface area contributed by atoms with Gasteiger partial charge in [-0.05, 0) is 48.2 Å². The lowest BCUT2D eigenvalue weighted by atomic mass is 9.96. The first-order valence-electron chi connectivity index (χ1n) is 15.4. The zero-order valence-electron chi connectivity index (χ0n) is 27.0. The number of piperazine rings is 1. The second-order valence-corrected chi connectivity index (χ2v) is 12.7. The lowest BCUT2D eigenvalue weighted by Gasteiger charge is -2.43. The molecular weight excluding hydrogens is 566 g/mol. The molecule has 2 atom stereocenters. The summed E-state index contributed by atoms with van der Waals surface area (Å²) in [5.41, 5.74) is 7.43. The van der Waals surface area contributed by atoms with Crippen molar-refractivity contribution >= 4 is 34.4 Å². The number of carbonyl (C=O) groups excluding carboxylic acids is 4. The average Bonchev–Trinajstić information content (AvgIpc) is 3.00. The van der Waals surface area contributed by atoms with Crippen LogP contribution in [-0.2, 0) is 32.0 Å². The number of amides is 4. The third-order valence-electron chi connectivity index (χ3n) is 8.21. The van der Waals surface area contributed by atoms with Gasteiger partial charge in [0.1, 0.15) is 12.1 Å². The van der Waals surface area contributed by atoms with E-state index in [1.165, 1.54) is 20.8 Å². The largest absolute Gasteiger partial charge is 0.347 e. The lowest BCUT2D eigenvalue weighted by Crippen LogP contribution is -2.63. The molecular formula is C36H45N5O4. The van der Waals surface area contributed by atoms with Gasteiger partial charge in [-0.3, -0.25) is 19.2 Å². The summed E-state index contributed by atoms with van der Waals surface area (Å²) >= 11 is 0. The maximum absolute atomic E-state index is 14.6. The first kappa shape index (κ1) is 33.4. The molecule has 0 radical (unpaired) electrons. The Balaban J connectivity index is 1.68. The minimum absolute atomic E-state index is 0.0552. The van der Waals surface area contributed by atoms with Gasteiger partial charge in [0.25, 0.3) is 0 Å². The van der Waals surface area contributed by atoms with E-state index in [0.29, 0.717) is 12.8 Å². The van der Waals surface area contributed by atoms with Crippen molar-refractivity contribution < 1.29 is 19.2 Å². The lowest BCUT2D eigenvalue weighted by molar-refractivity contribution is -0.157. The first-order chi connectivity index (χ1) is 21.3. The van der Waals surface area contributed by atoms with E-state index in [9.17, 15) is 19.2 Å². The monoisotopic (exact) mass is 611 g/mol. The molecule has 0 unspecified atom stereocenters. The second-order valence-electron chi connectivity index (χ2n) is 12.7. The van der Waals surface area contributed by atoms with E-state index < -0.39 is 17.6 Å². The van der Waals surface area contributed by atoms with E-state index in [-0.39, 0.29) is 49.7 Å². The molecule has 1 fully saturated rings. The normalized spacial score (nSPS) is 16.2. The molecule has 0 saturated carbocycles. The fourth-order valence-corrected chi connectivity index (χ4v) is 5.50. The van der Waals surface area contributed by atoms with Gasteiger partial charge in [0.15, 0.2) is 0 Å². The topological polar surface area (TPSA) is 107 Å². The van der Waals surface area contributed by atoms with E-state index >= 15 is 0 Å². The van der Waals surface area contributed by atoms with Crippen LogP contribution in [0.1, 0.15) is 31.4 Å². The number of hydrogen-bond donors (Lipinski definition) is 1. The predicted octanol–water partition coefficient (Wildman–Crippen LogP) is 3.26. The van der Waals surface area contributed by atoms with Crippen molar-refractivity contribution in [3.8, 4) is 0 Å². The maximum Gasteiger partial charge on any atom is 0.246 e. The van der Waals surface area contributed by atoms with Gasteiger partial charge in [0, 0.05) is 52.6 Å². The second kappa shape index (κ2) is 14.5. The molecule has 1 heterocycles.